The van der Waals surface area contributed by atoms with Crippen molar-refractivity contribution in [3.63, 3.8) is 0 Å². The van der Waals surface area contributed by atoms with Gasteiger partial charge in [0, 0.05) is 0 Å². The van der Waals surface area contributed by atoms with Crippen molar-refractivity contribution in [2.24, 2.45) is 0 Å². The number of aromatic amines is 1. The Bertz CT molecular complexity index is 636. The number of nitrogens with one attached hydrogen (secondary N) is 1. The summed E-state index contributed by atoms with van der Waals surface area (Å²) in [7, 11) is 0. The number of aliphatic hydroxyl groups excluding tert-OH is 1. The molecule has 1 fully saturated rings. The lowest BCUT2D eigenvalue weighted by Gasteiger charge is -2.32. The zero-order valence-electron chi connectivity index (χ0n) is 10.8. The molecule has 1 aromatic heterocycles. The molecule has 0 spiro atoms. The van der Waals surface area contributed by atoms with Crippen LogP contribution in [-0.2, 0) is 4.74 Å². The molecule has 0 amide bonds. The molecular weight excluding hydrogens is 278 g/mol. The third kappa shape index (κ3) is 1.89. The van der Waals surface area contributed by atoms with E-state index >= 15 is 0 Å². The highest BCUT2D eigenvalue weighted by Gasteiger charge is 2.63. The molecule has 3 N–H and O–H groups in total. The van der Waals surface area contributed by atoms with Crippen LogP contribution in [0.5, 0.6) is 0 Å². The Morgan fingerprint density at radius 3 is 2.60 bits per heavy atom. The minimum Gasteiger partial charge on any atom is -0.394 e. The van der Waals surface area contributed by atoms with Gasteiger partial charge in [-0.1, -0.05) is 0 Å². The smallest absolute Gasteiger partial charge is 0.330 e. The van der Waals surface area contributed by atoms with Crippen LogP contribution in [-0.4, -0.2) is 43.7 Å². The Hall–Kier alpha value is -1.58. The van der Waals surface area contributed by atoms with Crippen molar-refractivity contribution < 1.29 is 23.7 Å². The summed E-state index contributed by atoms with van der Waals surface area (Å²) in [6.07, 6.45) is -2.49. The van der Waals surface area contributed by atoms with Gasteiger partial charge in [-0.25, -0.2) is 9.18 Å². The maximum Gasteiger partial charge on any atom is 0.330 e. The van der Waals surface area contributed by atoms with E-state index in [1.807, 2.05) is 0 Å². The van der Waals surface area contributed by atoms with Crippen LogP contribution in [0.3, 0.4) is 0 Å². The molecule has 1 aliphatic rings. The monoisotopic (exact) mass is 292 g/mol. The van der Waals surface area contributed by atoms with Gasteiger partial charge in [0.2, 0.25) is 5.82 Å². The van der Waals surface area contributed by atoms with Gasteiger partial charge in [-0.2, -0.15) is 4.39 Å². The quantitative estimate of drug-likeness (QED) is 0.651. The van der Waals surface area contributed by atoms with E-state index < -0.39 is 47.3 Å². The summed E-state index contributed by atoms with van der Waals surface area (Å²) in [5.74, 6) is -1.30. The number of hydrogen-bond acceptors (Lipinski definition) is 5. The largest absolute Gasteiger partial charge is 0.394 e. The normalized spacial score (nSPS) is 37.3. The summed E-state index contributed by atoms with van der Waals surface area (Å²) in [6.45, 7) is 1.37. The molecule has 0 unspecified atom stereocenters. The first kappa shape index (κ1) is 14.8. The number of hydrogen-bond donors (Lipinski definition) is 3. The molecular formula is C11H14F2N2O5. The van der Waals surface area contributed by atoms with Crippen LogP contribution in [0.15, 0.2) is 15.8 Å². The second-order valence-corrected chi connectivity index (χ2v) is 5.03. The molecule has 0 saturated carbocycles. The second kappa shape index (κ2) is 4.47. The molecule has 0 aromatic carbocycles. The van der Waals surface area contributed by atoms with Gasteiger partial charge in [0.15, 0.2) is 11.9 Å². The van der Waals surface area contributed by atoms with Crippen LogP contribution in [0.2, 0.25) is 0 Å². The van der Waals surface area contributed by atoms with E-state index in [1.165, 1.54) is 0 Å². The van der Waals surface area contributed by atoms with E-state index in [-0.39, 0.29) is 0 Å². The molecule has 0 radical (unpaired) electrons. The zero-order chi connectivity index (χ0) is 15.3. The molecule has 0 bridgehead atoms. The van der Waals surface area contributed by atoms with Gasteiger partial charge < -0.3 is 14.9 Å². The highest BCUT2D eigenvalue weighted by Crippen LogP contribution is 2.47. The third-order valence-corrected chi connectivity index (χ3v) is 3.72. The SMILES string of the molecule is C[C@@]1(O)[C@@H](CO)O[C@@H](n2cc(F)c(=O)[nH]c2=O)[C@@]1(C)F. The number of ether oxygens (including phenoxy) is 1. The number of halogens is 2. The van der Waals surface area contributed by atoms with Gasteiger partial charge in [-0.3, -0.25) is 14.3 Å². The van der Waals surface area contributed by atoms with E-state index in [2.05, 4.69) is 0 Å². The molecule has 2 heterocycles. The standard InChI is InChI=1S/C11H14F2N2O5/c1-10(13)8(20-6(4-16)11(10,2)19)15-3-5(12)7(17)14-9(15)18/h3,6,8,16,19H,4H2,1-2H3,(H,14,17,18)/t6-,8-,10-,11-/m1/s1. The van der Waals surface area contributed by atoms with Crippen molar-refractivity contribution in [1.82, 2.24) is 9.55 Å². The summed E-state index contributed by atoms with van der Waals surface area (Å²) in [6, 6.07) is 0. The first-order chi connectivity index (χ1) is 9.12. The van der Waals surface area contributed by atoms with Crippen LogP contribution in [0.4, 0.5) is 8.78 Å². The third-order valence-electron chi connectivity index (χ3n) is 3.72. The Morgan fingerprint density at radius 1 is 1.50 bits per heavy atom. The Kier molecular flexibility index (Phi) is 3.31. The Balaban J connectivity index is 2.57. The molecule has 1 aliphatic heterocycles. The summed E-state index contributed by atoms with van der Waals surface area (Å²) in [5.41, 5.74) is -6.91. The molecule has 1 aromatic rings. The summed E-state index contributed by atoms with van der Waals surface area (Å²) < 4.78 is 33.6. The molecule has 0 aliphatic carbocycles. The van der Waals surface area contributed by atoms with Crippen molar-refractivity contribution in [3.05, 3.63) is 32.9 Å². The predicted octanol–water partition coefficient (Wildman–Crippen LogP) is -0.955. The van der Waals surface area contributed by atoms with Crippen molar-refractivity contribution in [2.45, 2.75) is 37.4 Å². The van der Waals surface area contributed by atoms with Crippen LogP contribution >= 0.6 is 0 Å². The molecule has 2 rings (SSSR count). The Labute approximate surface area is 111 Å². The number of nitrogens with zero attached hydrogens (tertiary/aromatic N) is 1. The number of H-pyrrole nitrogens is 1. The average Bonchev–Trinajstić information content (AvgIpc) is 2.52. The lowest BCUT2D eigenvalue weighted by atomic mass is 9.85. The maximum atomic E-state index is 14.7. The second-order valence-electron chi connectivity index (χ2n) is 5.03. The van der Waals surface area contributed by atoms with Gasteiger partial charge in [0.25, 0.3) is 5.56 Å². The fraction of sp³-hybridized carbons (Fsp3) is 0.636. The average molecular weight is 292 g/mol. The first-order valence-corrected chi connectivity index (χ1v) is 5.81. The number of aliphatic hydroxyl groups is 2. The maximum absolute atomic E-state index is 14.7. The fourth-order valence-corrected chi connectivity index (χ4v) is 2.16. The molecule has 20 heavy (non-hydrogen) atoms. The fourth-order valence-electron chi connectivity index (χ4n) is 2.16. The highest BCUT2D eigenvalue weighted by molar-refractivity contribution is 5.09. The highest BCUT2D eigenvalue weighted by atomic mass is 19.1. The summed E-state index contributed by atoms with van der Waals surface area (Å²) in [5, 5.41) is 19.2. The zero-order valence-corrected chi connectivity index (χ0v) is 10.8. The van der Waals surface area contributed by atoms with Crippen LogP contribution in [0.1, 0.15) is 20.1 Å². The van der Waals surface area contributed by atoms with Crippen molar-refractivity contribution in [2.75, 3.05) is 6.61 Å². The van der Waals surface area contributed by atoms with Crippen molar-refractivity contribution in [3.8, 4) is 0 Å². The van der Waals surface area contributed by atoms with Crippen LogP contribution in [0.25, 0.3) is 0 Å². The van der Waals surface area contributed by atoms with Gasteiger partial charge in [0.1, 0.15) is 11.7 Å². The molecule has 1 saturated heterocycles. The van der Waals surface area contributed by atoms with Crippen LogP contribution < -0.4 is 11.2 Å². The van der Waals surface area contributed by atoms with Crippen LogP contribution in [0, 0.1) is 5.82 Å². The van der Waals surface area contributed by atoms with Crippen molar-refractivity contribution in [1.29, 1.82) is 0 Å². The molecule has 4 atom stereocenters. The van der Waals surface area contributed by atoms with E-state index in [1.54, 1.807) is 4.98 Å². The molecule has 7 nitrogen and oxygen atoms in total. The van der Waals surface area contributed by atoms with Gasteiger partial charge in [-0.05, 0) is 13.8 Å². The number of alkyl halides is 1. The first-order valence-electron chi connectivity index (χ1n) is 5.81. The molecule has 112 valence electrons. The van der Waals surface area contributed by atoms with Gasteiger partial charge in [0.05, 0.1) is 12.8 Å². The van der Waals surface area contributed by atoms with Gasteiger partial charge >= 0.3 is 5.69 Å². The lowest BCUT2D eigenvalue weighted by Crippen LogP contribution is -2.52. The number of aromatic nitrogens is 2. The minimum atomic E-state index is -2.49. The lowest BCUT2D eigenvalue weighted by molar-refractivity contribution is -0.0892. The van der Waals surface area contributed by atoms with E-state index in [4.69, 9.17) is 9.84 Å². The van der Waals surface area contributed by atoms with E-state index in [9.17, 15) is 23.5 Å². The summed E-state index contributed by atoms with van der Waals surface area (Å²) >= 11 is 0. The van der Waals surface area contributed by atoms with E-state index in [0.29, 0.717) is 10.8 Å². The minimum absolute atomic E-state index is 0.500. The van der Waals surface area contributed by atoms with Gasteiger partial charge in [-0.15, -0.1) is 0 Å². The van der Waals surface area contributed by atoms with Crippen molar-refractivity contribution >= 4 is 0 Å². The number of rotatable bonds is 2. The van der Waals surface area contributed by atoms with E-state index in [0.717, 1.165) is 13.8 Å². The molecule has 9 heteroatoms. The topological polar surface area (TPSA) is 105 Å². The summed E-state index contributed by atoms with van der Waals surface area (Å²) in [4.78, 5) is 24.2. The Morgan fingerprint density at radius 2 is 2.10 bits per heavy atom. The predicted molar refractivity (Wildman–Crippen MR) is 62.4 cm³/mol.